The van der Waals surface area contributed by atoms with E-state index in [0.29, 0.717) is 22.6 Å². The van der Waals surface area contributed by atoms with Gasteiger partial charge in [-0.15, -0.1) is 0 Å². The summed E-state index contributed by atoms with van der Waals surface area (Å²) in [6.45, 7) is 4.50. The first-order chi connectivity index (χ1) is 9.11. The van der Waals surface area contributed by atoms with Gasteiger partial charge in [0.05, 0.1) is 14.2 Å². The maximum Gasteiger partial charge on any atom is 0.166 e. The van der Waals surface area contributed by atoms with E-state index >= 15 is 0 Å². The van der Waals surface area contributed by atoms with Gasteiger partial charge in [-0.2, -0.15) is 0 Å². The van der Waals surface area contributed by atoms with Gasteiger partial charge in [0, 0.05) is 17.2 Å². The molecule has 1 aliphatic heterocycles. The largest absolute Gasteiger partial charge is 0.492 e. The third-order valence-corrected chi connectivity index (χ3v) is 3.92. The molecule has 1 unspecified atom stereocenters. The van der Waals surface area contributed by atoms with Crippen LogP contribution in [0.4, 0.5) is 4.39 Å². The summed E-state index contributed by atoms with van der Waals surface area (Å²) in [5.41, 5.74) is 2.08. The summed E-state index contributed by atoms with van der Waals surface area (Å²) in [5, 5.41) is 3.45. The normalized spacial score (nSPS) is 19.3. The molecule has 1 saturated heterocycles. The van der Waals surface area contributed by atoms with Gasteiger partial charge in [-0.3, -0.25) is 0 Å². The van der Waals surface area contributed by atoms with Crippen LogP contribution in [0.2, 0.25) is 0 Å². The summed E-state index contributed by atoms with van der Waals surface area (Å²) in [7, 11) is 3.17. The molecule has 1 heterocycles. The van der Waals surface area contributed by atoms with Gasteiger partial charge in [0.1, 0.15) is 5.82 Å². The monoisotopic (exact) mass is 267 g/mol. The van der Waals surface area contributed by atoms with Crippen LogP contribution in [0.25, 0.3) is 0 Å². The summed E-state index contributed by atoms with van der Waals surface area (Å²) >= 11 is 0. The van der Waals surface area contributed by atoms with Crippen molar-refractivity contribution in [2.45, 2.75) is 39.2 Å². The molecule has 2 rings (SSSR count). The molecule has 0 amide bonds. The number of rotatable bonds is 3. The maximum absolute atomic E-state index is 14.3. The van der Waals surface area contributed by atoms with Crippen LogP contribution < -0.4 is 14.8 Å². The second-order valence-electron chi connectivity index (χ2n) is 5.05. The van der Waals surface area contributed by atoms with Crippen LogP contribution in [0.15, 0.2) is 0 Å². The summed E-state index contributed by atoms with van der Waals surface area (Å²) < 4.78 is 25.2. The fourth-order valence-electron chi connectivity index (χ4n) is 2.93. The highest BCUT2D eigenvalue weighted by Gasteiger charge is 2.27. The number of nitrogens with one attached hydrogen (secondary N) is 1. The van der Waals surface area contributed by atoms with Crippen molar-refractivity contribution in [2.24, 2.45) is 0 Å². The van der Waals surface area contributed by atoms with Crippen molar-refractivity contribution < 1.29 is 13.9 Å². The molecule has 0 aliphatic carbocycles. The fraction of sp³-hybridized carbons (Fsp3) is 0.600. The van der Waals surface area contributed by atoms with Gasteiger partial charge in [0.15, 0.2) is 11.5 Å². The average Bonchev–Trinajstić information content (AvgIpc) is 2.45. The lowest BCUT2D eigenvalue weighted by atomic mass is 9.91. The first-order valence-corrected chi connectivity index (χ1v) is 6.75. The van der Waals surface area contributed by atoms with E-state index in [1.165, 1.54) is 6.42 Å². The van der Waals surface area contributed by atoms with Gasteiger partial charge in [-0.1, -0.05) is 6.42 Å². The van der Waals surface area contributed by atoms with Crippen molar-refractivity contribution in [3.63, 3.8) is 0 Å². The molecule has 1 fully saturated rings. The zero-order chi connectivity index (χ0) is 14.0. The third-order valence-electron chi connectivity index (χ3n) is 3.92. The predicted octanol–water partition coefficient (Wildman–Crippen LogP) is 3.27. The molecular formula is C15H22FNO2. The van der Waals surface area contributed by atoms with Crippen LogP contribution in [0.1, 0.15) is 42.0 Å². The van der Waals surface area contributed by atoms with E-state index in [9.17, 15) is 4.39 Å². The number of halogens is 1. The Kier molecular flexibility index (Phi) is 4.30. The molecule has 19 heavy (non-hydrogen) atoms. The van der Waals surface area contributed by atoms with E-state index in [-0.39, 0.29) is 11.9 Å². The van der Waals surface area contributed by atoms with E-state index < -0.39 is 0 Å². The Balaban J connectivity index is 2.59. The van der Waals surface area contributed by atoms with Crippen LogP contribution >= 0.6 is 0 Å². The highest BCUT2D eigenvalue weighted by molar-refractivity contribution is 5.57. The fourth-order valence-corrected chi connectivity index (χ4v) is 2.93. The Morgan fingerprint density at radius 2 is 1.74 bits per heavy atom. The average molecular weight is 267 g/mol. The van der Waals surface area contributed by atoms with Crippen LogP contribution in [0.5, 0.6) is 11.5 Å². The molecule has 0 saturated carbocycles. The zero-order valence-corrected chi connectivity index (χ0v) is 12.1. The molecular weight excluding hydrogens is 245 g/mol. The molecule has 1 aliphatic rings. The molecule has 1 atom stereocenters. The quantitative estimate of drug-likeness (QED) is 0.911. The first-order valence-electron chi connectivity index (χ1n) is 6.75. The lowest BCUT2D eigenvalue weighted by Gasteiger charge is -2.28. The second kappa shape index (κ2) is 5.78. The standard InChI is InChI=1S/C15H22FNO2/c1-9-12(11-7-5-6-8-17-11)15(19-4)14(18-3)10(2)13(9)16/h11,17H,5-8H2,1-4H3. The summed E-state index contributed by atoms with van der Waals surface area (Å²) in [4.78, 5) is 0. The number of ether oxygens (including phenoxy) is 2. The SMILES string of the molecule is COc1c(C)c(F)c(C)c(C2CCCCN2)c1OC. The van der Waals surface area contributed by atoms with Crippen molar-refractivity contribution in [1.82, 2.24) is 5.32 Å². The number of piperidine rings is 1. The Hall–Kier alpha value is -1.29. The Bertz CT molecular complexity index is 468. The number of benzene rings is 1. The maximum atomic E-state index is 14.3. The van der Waals surface area contributed by atoms with Crippen LogP contribution in [0, 0.1) is 19.7 Å². The highest BCUT2D eigenvalue weighted by atomic mass is 19.1. The molecule has 0 radical (unpaired) electrons. The number of methoxy groups -OCH3 is 2. The Morgan fingerprint density at radius 3 is 2.26 bits per heavy atom. The van der Waals surface area contributed by atoms with Crippen LogP contribution in [0.3, 0.4) is 0 Å². The molecule has 1 N–H and O–H groups in total. The summed E-state index contributed by atoms with van der Waals surface area (Å²) in [6, 6.07) is 0.146. The van der Waals surface area contributed by atoms with Gasteiger partial charge < -0.3 is 14.8 Å². The van der Waals surface area contributed by atoms with Crippen molar-refractivity contribution in [3.05, 3.63) is 22.5 Å². The Labute approximate surface area is 114 Å². The second-order valence-corrected chi connectivity index (χ2v) is 5.05. The van der Waals surface area contributed by atoms with E-state index in [1.807, 2.05) is 6.92 Å². The molecule has 1 aromatic carbocycles. The van der Waals surface area contributed by atoms with E-state index in [4.69, 9.17) is 9.47 Å². The van der Waals surface area contributed by atoms with E-state index in [0.717, 1.165) is 24.9 Å². The minimum Gasteiger partial charge on any atom is -0.492 e. The van der Waals surface area contributed by atoms with Gasteiger partial charge in [0.25, 0.3) is 0 Å². The molecule has 0 aromatic heterocycles. The summed E-state index contributed by atoms with van der Waals surface area (Å²) in [5.74, 6) is 0.978. The molecule has 106 valence electrons. The van der Waals surface area contributed by atoms with Crippen LogP contribution in [-0.4, -0.2) is 20.8 Å². The lowest BCUT2D eigenvalue weighted by Crippen LogP contribution is -2.28. The van der Waals surface area contributed by atoms with Crippen molar-refractivity contribution >= 4 is 0 Å². The smallest absolute Gasteiger partial charge is 0.166 e. The predicted molar refractivity (Wildman–Crippen MR) is 73.6 cm³/mol. The number of hydrogen-bond acceptors (Lipinski definition) is 3. The third kappa shape index (κ3) is 2.41. The highest BCUT2D eigenvalue weighted by Crippen LogP contribution is 2.43. The van der Waals surface area contributed by atoms with Crippen molar-refractivity contribution in [2.75, 3.05) is 20.8 Å². The van der Waals surface area contributed by atoms with Gasteiger partial charge in [-0.25, -0.2) is 4.39 Å². The minimum absolute atomic E-state index is 0.146. The molecule has 3 nitrogen and oxygen atoms in total. The molecule has 0 bridgehead atoms. The van der Waals surface area contributed by atoms with Gasteiger partial charge in [-0.05, 0) is 38.8 Å². The number of hydrogen-bond donors (Lipinski definition) is 1. The van der Waals surface area contributed by atoms with Crippen molar-refractivity contribution in [3.8, 4) is 11.5 Å². The van der Waals surface area contributed by atoms with Gasteiger partial charge in [0.2, 0.25) is 0 Å². The summed E-state index contributed by atoms with van der Waals surface area (Å²) in [6.07, 6.45) is 3.32. The zero-order valence-electron chi connectivity index (χ0n) is 12.1. The van der Waals surface area contributed by atoms with E-state index in [1.54, 1.807) is 21.1 Å². The van der Waals surface area contributed by atoms with Crippen LogP contribution in [-0.2, 0) is 0 Å². The molecule has 0 spiro atoms. The topological polar surface area (TPSA) is 30.5 Å². The first kappa shape index (κ1) is 14.1. The minimum atomic E-state index is -0.194. The van der Waals surface area contributed by atoms with E-state index in [2.05, 4.69) is 5.32 Å². The lowest BCUT2D eigenvalue weighted by molar-refractivity contribution is 0.331. The molecule has 4 heteroatoms. The van der Waals surface area contributed by atoms with Gasteiger partial charge >= 0.3 is 0 Å². The Morgan fingerprint density at radius 1 is 1.05 bits per heavy atom. The molecule has 1 aromatic rings. The van der Waals surface area contributed by atoms with Crippen molar-refractivity contribution in [1.29, 1.82) is 0 Å².